The molecule has 0 radical (unpaired) electrons. The molecular formula is C20H29NO5. The van der Waals surface area contributed by atoms with E-state index < -0.39 is 17.4 Å². The van der Waals surface area contributed by atoms with Crippen LogP contribution in [0.2, 0.25) is 0 Å². The Morgan fingerprint density at radius 1 is 1.27 bits per heavy atom. The van der Waals surface area contributed by atoms with Crippen molar-refractivity contribution < 1.29 is 24.2 Å². The summed E-state index contributed by atoms with van der Waals surface area (Å²) in [5.41, 5.74) is 0.368. The van der Waals surface area contributed by atoms with Crippen molar-refractivity contribution in [3.63, 3.8) is 0 Å². The SMILES string of the molecule is COc1ccc(CCCC(=O)NC2(C)CCCCC2C(=O)O)c(OC)c1. The summed E-state index contributed by atoms with van der Waals surface area (Å²) in [5, 5.41) is 12.4. The van der Waals surface area contributed by atoms with E-state index in [-0.39, 0.29) is 5.91 Å². The smallest absolute Gasteiger partial charge is 0.308 e. The molecule has 0 spiro atoms. The van der Waals surface area contributed by atoms with Gasteiger partial charge in [-0.1, -0.05) is 18.9 Å². The number of carbonyl (C=O) groups excluding carboxylic acids is 1. The average Bonchev–Trinajstić information content (AvgIpc) is 2.61. The summed E-state index contributed by atoms with van der Waals surface area (Å²) >= 11 is 0. The molecule has 6 nitrogen and oxygen atoms in total. The molecule has 6 heteroatoms. The van der Waals surface area contributed by atoms with Crippen LogP contribution in [0.3, 0.4) is 0 Å². The molecular weight excluding hydrogens is 334 g/mol. The number of hydrogen-bond acceptors (Lipinski definition) is 4. The molecule has 0 heterocycles. The van der Waals surface area contributed by atoms with Gasteiger partial charge in [0.1, 0.15) is 11.5 Å². The first kappa shape index (κ1) is 20.1. The highest BCUT2D eigenvalue weighted by Crippen LogP contribution is 2.34. The number of nitrogens with one attached hydrogen (secondary N) is 1. The van der Waals surface area contributed by atoms with Crippen LogP contribution < -0.4 is 14.8 Å². The van der Waals surface area contributed by atoms with E-state index in [9.17, 15) is 14.7 Å². The van der Waals surface area contributed by atoms with E-state index in [0.717, 1.165) is 29.9 Å². The number of aliphatic carboxylic acids is 1. The van der Waals surface area contributed by atoms with Crippen LogP contribution >= 0.6 is 0 Å². The van der Waals surface area contributed by atoms with Gasteiger partial charge in [0.05, 0.1) is 25.7 Å². The summed E-state index contributed by atoms with van der Waals surface area (Å²) in [5.74, 6) is 0.0497. The molecule has 0 bridgehead atoms. The summed E-state index contributed by atoms with van der Waals surface area (Å²) in [4.78, 5) is 23.9. The maximum atomic E-state index is 12.4. The van der Waals surface area contributed by atoms with Crippen molar-refractivity contribution in [2.75, 3.05) is 14.2 Å². The van der Waals surface area contributed by atoms with E-state index in [1.54, 1.807) is 14.2 Å². The number of carboxylic acids is 1. The summed E-state index contributed by atoms with van der Waals surface area (Å²) < 4.78 is 10.6. The van der Waals surface area contributed by atoms with Gasteiger partial charge in [-0.2, -0.15) is 0 Å². The van der Waals surface area contributed by atoms with Crippen molar-refractivity contribution in [2.24, 2.45) is 5.92 Å². The molecule has 2 atom stereocenters. The third-order valence-corrected chi connectivity index (χ3v) is 5.28. The van der Waals surface area contributed by atoms with E-state index in [0.29, 0.717) is 32.1 Å². The lowest BCUT2D eigenvalue weighted by Crippen LogP contribution is -2.55. The van der Waals surface area contributed by atoms with Crippen molar-refractivity contribution in [3.05, 3.63) is 23.8 Å². The normalized spacial score (nSPS) is 22.5. The fourth-order valence-corrected chi connectivity index (χ4v) is 3.76. The van der Waals surface area contributed by atoms with Gasteiger partial charge >= 0.3 is 5.97 Å². The molecule has 0 saturated heterocycles. The van der Waals surface area contributed by atoms with Crippen molar-refractivity contribution in [1.29, 1.82) is 0 Å². The molecule has 1 aliphatic carbocycles. The van der Waals surface area contributed by atoms with E-state index in [1.807, 2.05) is 25.1 Å². The lowest BCUT2D eigenvalue weighted by Gasteiger charge is -2.39. The third kappa shape index (κ3) is 4.90. The van der Waals surface area contributed by atoms with Crippen molar-refractivity contribution in [2.45, 2.75) is 57.4 Å². The molecule has 1 saturated carbocycles. The van der Waals surface area contributed by atoms with Crippen LogP contribution in [0.15, 0.2) is 18.2 Å². The van der Waals surface area contributed by atoms with E-state index >= 15 is 0 Å². The van der Waals surface area contributed by atoms with Gasteiger partial charge in [-0.15, -0.1) is 0 Å². The first-order chi connectivity index (χ1) is 12.4. The molecule has 2 rings (SSSR count). The zero-order valence-electron chi connectivity index (χ0n) is 15.8. The Labute approximate surface area is 154 Å². The van der Waals surface area contributed by atoms with Crippen molar-refractivity contribution >= 4 is 11.9 Å². The van der Waals surface area contributed by atoms with Crippen LogP contribution in [-0.2, 0) is 16.0 Å². The number of rotatable bonds is 8. The minimum Gasteiger partial charge on any atom is -0.497 e. The van der Waals surface area contributed by atoms with Gasteiger partial charge < -0.3 is 19.9 Å². The standard InChI is InChI=1S/C20H29NO5/c1-20(12-5-4-8-16(20)19(23)24)21-18(22)9-6-7-14-10-11-15(25-2)13-17(14)26-3/h10-11,13,16H,4-9,12H2,1-3H3,(H,21,22)(H,23,24). The molecule has 26 heavy (non-hydrogen) atoms. The number of benzene rings is 1. The van der Waals surface area contributed by atoms with E-state index in [1.165, 1.54) is 0 Å². The molecule has 144 valence electrons. The first-order valence-corrected chi connectivity index (χ1v) is 9.14. The molecule has 1 fully saturated rings. The minimum absolute atomic E-state index is 0.0897. The quantitative estimate of drug-likeness (QED) is 0.741. The lowest BCUT2D eigenvalue weighted by molar-refractivity contribution is -0.146. The second-order valence-corrected chi connectivity index (χ2v) is 7.13. The van der Waals surface area contributed by atoms with Crippen LogP contribution in [0.1, 0.15) is 51.0 Å². The van der Waals surface area contributed by atoms with Gasteiger partial charge in [0, 0.05) is 12.5 Å². The molecule has 2 N–H and O–H groups in total. The Morgan fingerprint density at radius 3 is 2.69 bits per heavy atom. The lowest BCUT2D eigenvalue weighted by atomic mass is 9.74. The second kappa shape index (κ2) is 8.92. The van der Waals surface area contributed by atoms with Crippen LogP contribution in [-0.4, -0.2) is 36.7 Å². The number of amides is 1. The van der Waals surface area contributed by atoms with Gasteiger partial charge in [-0.25, -0.2) is 0 Å². The molecule has 1 aliphatic rings. The zero-order chi connectivity index (χ0) is 19.2. The summed E-state index contributed by atoms with van der Waals surface area (Å²) in [6, 6.07) is 5.65. The minimum atomic E-state index is -0.824. The summed E-state index contributed by atoms with van der Waals surface area (Å²) in [7, 11) is 3.22. The van der Waals surface area contributed by atoms with Gasteiger partial charge in [-0.05, 0) is 44.2 Å². The number of hydrogen-bond donors (Lipinski definition) is 2. The molecule has 1 aromatic carbocycles. The summed E-state index contributed by atoms with van der Waals surface area (Å²) in [6.07, 6.45) is 4.92. The maximum absolute atomic E-state index is 12.4. The number of carboxylic acid groups (broad SMARTS) is 1. The van der Waals surface area contributed by atoms with E-state index in [2.05, 4.69) is 5.32 Å². The van der Waals surface area contributed by atoms with Crippen LogP contribution in [0.25, 0.3) is 0 Å². The Morgan fingerprint density at radius 2 is 2.04 bits per heavy atom. The highest BCUT2D eigenvalue weighted by Gasteiger charge is 2.41. The topological polar surface area (TPSA) is 84.9 Å². The van der Waals surface area contributed by atoms with Gasteiger partial charge in [-0.3, -0.25) is 9.59 Å². The first-order valence-electron chi connectivity index (χ1n) is 9.14. The highest BCUT2D eigenvalue weighted by atomic mass is 16.5. The Kier molecular flexibility index (Phi) is 6.89. The van der Waals surface area contributed by atoms with Crippen LogP contribution in [0.4, 0.5) is 0 Å². The molecule has 0 aliphatic heterocycles. The van der Waals surface area contributed by atoms with Gasteiger partial charge in [0.2, 0.25) is 5.91 Å². The predicted molar refractivity (Wildman–Crippen MR) is 98.6 cm³/mol. The number of aryl methyl sites for hydroxylation is 1. The predicted octanol–water partition coefficient (Wildman–Crippen LogP) is 3.18. The van der Waals surface area contributed by atoms with Gasteiger partial charge in [0.15, 0.2) is 0 Å². The van der Waals surface area contributed by atoms with E-state index in [4.69, 9.17) is 9.47 Å². The molecule has 2 unspecified atom stereocenters. The Balaban J connectivity index is 1.90. The Hall–Kier alpha value is -2.24. The Bertz CT molecular complexity index is 645. The largest absolute Gasteiger partial charge is 0.497 e. The molecule has 1 amide bonds. The average molecular weight is 363 g/mol. The molecule has 1 aromatic rings. The van der Waals surface area contributed by atoms with Crippen LogP contribution in [0.5, 0.6) is 11.5 Å². The number of carbonyl (C=O) groups is 2. The fourth-order valence-electron chi connectivity index (χ4n) is 3.76. The maximum Gasteiger partial charge on any atom is 0.308 e. The van der Waals surface area contributed by atoms with Crippen LogP contribution in [0, 0.1) is 5.92 Å². The highest BCUT2D eigenvalue weighted by molar-refractivity contribution is 5.79. The monoisotopic (exact) mass is 363 g/mol. The van der Waals surface area contributed by atoms with Crippen molar-refractivity contribution in [1.82, 2.24) is 5.32 Å². The molecule has 0 aromatic heterocycles. The zero-order valence-corrected chi connectivity index (χ0v) is 15.8. The third-order valence-electron chi connectivity index (χ3n) is 5.28. The number of ether oxygens (including phenoxy) is 2. The van der Waals surface area contributed by atoms with Gasteiger partial charge in [0.25, 0.3) is 0 Å². The summed E-state index contributed by atoms with van der Waals surface area (Å²) in [6.45, 7) is 1.86. The second-order valence-electron chi connectivity index (χ2n) is 7.13. The number of methoxy groups -OCH3 is 2. The van der Waals surface area contributed by atoms with Crippen molar-refractivity contribution in [3.8, 4) is 11.5 Å². The fraction of sp³-hybridized carbons (Fsp3) is 0.600.